The van der Waals surface area contributed by atoms with Crippen LogP contribution in [0.3, 0.4) is 0 Å². The molecule has 0 N–H and O–H groups in total. The number of non-ortho nitro benzene ring substituents is 2. The summed E-state index contributed by atoms with van der Waals surface area (Å²) in [6, 6.07) is 8.33. The minimum absolute atomic E-state index is 0.0430. The average Bonchev–Trinajstić information content (AvgIpc) is 3.10. The van der Waals surface area contributed by atoms with Gasteiger partial charge in [-0.25, -0.2) is 4.79 Å². The molecule has 0 atom stereocenters. The quantitative estimate of drug-likeness (QED) is 0.134. The molecular weight excluding hydrogens is 454 g/mol. The molecule has 0 saturated carbocycles. The third-order valence-corrected chi connectivity index (χ3v) is 5.03. The van der Waals surface area contributed by atoms with Crippen LogP contribution in [0.15, 0.2) is 48.5 Å². The van der Waals surface area contributed by atoms with Crippen molar-refractivity contribution >= 4 is 35.1 Å². The topological polar surface area (TPSA) is 190 Å². The van der Waals surface area contributed by atoms with Gasteiger partial charge in [0.2, 0.25) is 0 Å². The summed E-state index contributed by atoms with van der Waals surface area (Å²) in [5.41, 5.74) is -4.00. The van der Waals surface area contributed by atoms with Crippen molar-refractivity contribution in [3.63, 3.8) is 0 Å². The van der Waals surface area contributed by atoms with Crippen molar-refractivity contribution in [2.45, 2.75) is 0 Å². The Morgan fingerprint density at radius 1 is 0.794 bits per heavy atom. The number of nitro groups is 3. The van der Waals surface area contributed by atoms with E-state index in [1.54, 1.807) is 0 Å². The number of ether oxygens (including phenoxy) is 1. The van der Waals surface area contributed by atoms with E-state index in [-0.39, 0.29) is 22.4 Å². The number of hydrogen-bond donors (Lipinski definition) is 0. The summed E-state index contributed by atoms with van der Waals surface area (Å²) in [5, 5.41) is 34.3. The number of ketones is 1. The second kappa shape index (κ2) is 7.98. The molecule has 0 radical (unpaired) electrons. The van der Waals surface area contributed by atoms with Gasteiger partial charge in [-0.1, -0.05) is 0 Å². The van der Waals surface area contributed by atoms with Crippen LogP contribution < -0.4 is 4.74 Å². The smallest absolute Gasteiger partial charge is 0.344 e. The first-order chi connectivity index (χ1) is 16.1. The zero-order chi connectivity index (χ0) is 24.7. The molecular formula is C21H9N3O10. The minimum atomic E-state index is -1.17. The molecule has 3 aromatic carbocycles. The van der Waals surface area contributed by atoms with Crippen molar-refractivity contribution in [2.24, 2.45) is 0 Å². The van der Waals surface area contributed by atoms with Gasteiger partial charge in [0, 0.05) is 40.5 Å². The summed E-state index contributed by atoms with van der Waals surface area (Å²) < 4.78 is 5.21. The van der Waals surface area contributed by atoms with Crippen LogP contribution in [0.1, 0.15) is 36.6 Å². The molecule has 0 spiro atoms. The van der Waals surface area contributed by atoms with Crippen molar-refractivity contribution in [1.29, 1.82) is 0 Å². The van der Waals surface area contributed by atoms with Gasteiger partial charge in [0.05, 0.1) is 32.0 Å². The van der Waals surface area contributed by atoms with Gasteiger partial charge in [-0.2, -0.15) is 0 Å². The number of nitrogens with zero attached hydrogens (tertiary/aromatic N) is 3. The maximum absolute atomic E-state index is 13.0. The van der Waals surface area contributed by atoms with Gasteiger partial charge >= 0.3 is 5.97 Å². The Balaban J connectivity index is 1.95. The lowest BCUT2D eigenvalue weighted by molar-refractivity contribution is -0.393. The molecule has 0 saturated heterocycles. The molecule has 1 aliphatic rings. The van der Waals surface area contributed by atoms with E-state index >= 15 is 0 Å². The van der Waals surface area contributed by atoms with Crippen molar-refractivity contribution < 1.29 is 33.9 Å². The van der Waals surface area contributed by atoms with Crippen molar-refractivity contribution in [1.82, 2.24) is 0 Å². The molecule has 0 bridgehead atoms. The van der Waals surface area contributed by atoms with Gasteiger partial charge in [-0.3, -0.25) is 39.9 Å². The number of nitro benzene ring substituents is 3. The molecule has 1 aliphatic carbocycles. The van der Waals surface area contributed by atoms with Crippen molar-refractivity contribution in [3.05, 3.63) is 101 Å². The Labute approximate surface area is 187 Å². The van der Waals surface area contributed by atoms with Gasteiger partial charge in [-0.05, 0) is 24.3 Å². The van der Waals surface area contributed by atoms with E-state index in [1.165, 1.54) is 24.3 Å². The number of carbonyl (C=O) groups excluding carboxylic acids is 3. The minimum Gasteiger partial charge on any atom is -0.423 e. The van der Waals surface area contributed by atoms with Crippen molar-refractivity contribution in [2.75, 3.05) is 0 Å². The SMILES string of the molecule is O=Cc1ccc(OC(=O)c2cc([N+](=O)[O-])cc3c2-c2c(cc([N+](=O)[O-])cc2[N+](=O)[O-])C3=O)cc1. The molecule has 13 nitrogen and oxygen atoms in total. The summed E-state index contributed by atoms with van der Waals surface area (Å²) in [6.45, 7) is 0. The Morgan fingerprint density at radius 2 is 1.35 bits per heavy atom. The number of carbonyl (C=O) groups is 3. The molecule has 3 aromatic rings. The Kier molecular flexibility index (Phi) is 5.13. The molecule has 13 heteroatoms. The highest BCUT2D eigenvalue weighted by Crippen LogP contribution is 2.47. The van der Waals surface area contributed by atoms with Gasteiger partial charge in [0.1, 0.15) is 12.0 Å². The van der Waals surface area contributed by atoms with Crippen LogP contribution in [0.2, 0.25) is 0 Å². The lowest BCUT2D eigenvalue weighted by atomic mass is 9.97. The van der Waals surface area contributed by atoms with Crippen LogP contribution in [-0.2, 0) is 0 Å². The Bertz CT molecular complexity index is 1460. The molecule has 0 aliphatic heterocycles. The van der Waals surface area contributed by atoms with E-state index < -0.39 is 60.3 Å². The van der Waals surface area contributed by atoms with E-state index in [2.05, 4.69) is 0 Å². The number of fused-ring (bicyclic) bond motifs is 3. The highest BCUT2D eigenvalue weighted by atomic mass is 16.6. The Morgan fingerprint density at radius 3 is 1.88 bits per heavy atom. The second-order valence-corrected chi connectivity index (χ2v) is 6.98. The Hall–Kier alpha value is -5.33. The third-order valence-electron chi connectivity index (χ3n) is 5.03. The fourth-order valence-corrected chi connectivity index (χ4v) is 3.57. The molecule has 0 unspecified atom stereocenters. The molecule has 0 fully saturated rings. The third kappa shape index (κ3) is 3.52. The van der Waals surface area contributed by atoms with E-state index in [1.807, 2.05) is 0 Å². The van der Waals surface area contributed by atoms with Gasteiger partial charge in [0.25, 0.3) is 17.1 Å². The van der Waals surface area contributed by atoms with Gasteiger partial charge < -0.3 is 4.74 Å². The van der Waals surface area contributed by atoms with E-state index in [9.17, 15) is 44.7 Å². The largest absolute Gasteiger partial charge is 0.423 e. The number of aldehydes is 1. The highest BCUT2D eigenvalue weighted by Gasteiger charge is 2.40. The maximum Gasteiger partial charge on any atom is 0.344 e. The molecule has 0 aromatic heterocycles. The first-order valence-electron chi connectivity index (χ1n) is 9.24. The zero-order valence-corrected chi connectivity index (χ0v) is 16.6. The summed E-state index contributed by atoms with van der Waals surface area (Å²) >= 11 is 0. The maximum atomic E-state index is 13.0. The lowest BCUT2D eigenvalue weighted by Crippen LogP contribution is -2.12. The van der Waals surface area contributed by atoms with E-state index in [0.717, 1.165) is 18.2 Å². The second-order valence-electron chi connectivity index (χ2n) is 6.98. The number of benzene rings is 3. The highest BCUT2D eigenvalue weighted by molar-refractivity contribution is 6.26. The summed E-state index contributed by atoms with van der Waals surface area (Å²) in [6.07, 6.45) is 0.555. The summed E-state index contributed by atoms with van der Waals surface area (Å²) in [7, 11) is 0. The predicted molar refractivity (Wildman–Crippen MR) is 112 cm³/mol. The molecule has 34 heavy (non-hydrogen) atoms. The number of esters is 1. The molecule has 4 rings (SSSR count). The van der Waals surface area contributed by atoms with Gasteiger partial charge in [0.15, 0.2) is 5.78 Å². The predicted octanol–water partition coefficient (Wildman–Crippen LogP) is 3.65. The number of hydrogen-bond acceptors (Lipinski definition) is 10. The van der Waals surface area contributed by atoms with Crippen LogP contribution in [0.5, 0.6) is 5.75 Å². The number of rotatable bonds is 6. The van der Waals surface area contributed by atoms with Gasteiger partial charge in [-0.15, -0.1) is 0 Å². The fourth-order valence-electron chi connectivity index (χ4n) is 3.57. The van der Waals surface area contributed by atoms with Crippen LogP contribution in [0.4, 0.5) is 17.1 Å². The standard InChI is InChI=1S/C21H9N3O10/c25-9-10-1-3-13(4-2-10)34-21(27)16-7-11(22(28)29)5-14-18(16)19-15(20(14)26)6-12(23(30)31)8-17(19)24(32)33/h1-9H. The summed E-state index contributed by atoms with van der Waals surface area (Å²) in [5.74, 6) is -2.17. The fraction of sp³-hybridized carbons (Fsp3) is 0. The monoisotopic (exact) mass is 463 g/mol. The average molecular weight is 463 g/mol. The van der Waals surface area contributed by atoms with Crippen LogP contribution in [0, 0.1) is 30.3 Å². The normalized spacial score (nSPS) is 11.4. The van der Waals surface area contributed by atoms with Crippen LogP contribution in [-0.4, -0.2) is 32.8 Å². The lowest BCUT2D eigenvalue weighted by Gasteiger charge is -2.10. The zero-order valence-electron chi connectivity index (χ0n) is 16.6. The van der Waals surface area contributed by atoms with Crippen molar-refractivity contribution in [3.8, 4) is 16.9 Å². The molecule has 168 valence electrons. The molecule has 0 heterocycles. The van der Waals surface area contributed by atoms with E-state index in [4.69, 9.17) is 4.74 Å². The molecule has 0 amide bonds. The summed E-state index contributed by atoms with van der Waals surface area (Å²) in [4.78, 5) is 68.3. The van der Waals surface area contributed by atoms with Crippen LogP contribution >= 0.6 is 0 Å². The van der Waals surface area contributed by atoms with Crippen LogP contribution in [0.25, 0.3) is 11.1 Å². The van der Waals surface area contributed by atoms with E-state index in [0.29, 0.717) is 12.4 Å². The first-order valence-corrected chi connectivity index (χ1v) is 9.24. The first kappa shape index (κ1) is 21.9.